The van der Waals surface area contributed by atoms with Gasteiger partial charge in [0.2, 0.25) is 0 Å². The molecule has 3 rings (SSSR count). The first-order valence-electron chi connectivity index (χ1n) is 8.83. The molecule has 0 radical (unpaired) electrons. The molecule has 0 spiro atoms. The highest BCUT2D eigenvalue weighted by Crippen LogP contribution is 2.27. The summed E-state index contributed by atoms with van der Waals surface area (Å²) < 4.78 is 16.5. The first-order chi connectivity index (χ1) is 13.1. The Morgan fingerprint density at radius 2 is 1.78 bits per heavy atom. The van der Waals surface area contributed by atoms with Crippen molar-refractivity contribution in [2.24, 2.45) is 0 Å². The molecule has 144 valence electrons. The van der Waals surface area contributed by atoms with E-state index < -0.39 is 0 Å². The minimum absolute atomic E-state index is 0.0190. The highest BCUT2D eigenvalue weighted by atomic mass is 35.5. The van der Waals surface area contributed by atoms with E-state index in [0.717, 1.165) is 25.7 Å². The van der Waals surface area contributed by atoms with Crippen LogP contribution in [0.25, 0.3) is 0 Å². The molecule has 27 heavy (non-hydrogen) atoms. The summed E-state index contributed by atoms with van der Waals surface area (Å²) in [6.45, 7) is -0.0190. The van der Waals surface area contributed by atoms with Crippen molar-refractivity contribution in [3.05, 3.63) is 41.7 Å². The van der Waals surface area contributed by atoms with Gasteiger partial charge in [-0.2, -0.15) is 0 Å². The van der Waals surface area contributed by atoms with Crippen LogP contribution in [0, 0.1) is 0 Å². The van der Waals surface area contributed by atoms with E-state index >= 15 is 0 Å². The van der Waals surface area contributed by atoms with Crippen LogP contribution in [0.15, 0.2) is 36.7 Å². The number of amides is 1. The Labute approximate surface area is 163 Å². The number of halogens is 1. The molecule has 1 saturated carbocycles. The monoisotopic (exact) mass is 391 g/mol. The normalized spacial score (nSPS) is 19.2. The number of benzene rings is 1. The molecular formula is C19H22ClN3O4. The van der Waals surface area contributed by atoms with Gasteiger partial charge >= 0.3 is 0 Å². The topological polar surface area (TPSA) is 82.6 Å². The molecule has 1 aliphatic carbocycles. The molecule has 0 unspecified atom stereocenters. The predicted octanol–water partition coefficient (Wildman–Crippen LogP) is 3.02. The maximum atomic E-state index is 12.1. The van der Waals surface area contributed by atoms with Crippen LogP contribution in [-0.2, 0) is 4.79 Å². The third-order valence-corrected chi connectivity index (χ3v) is 4.58. The SMILES string of the molecule is COc1nccnc1OC1CCC(NC(=O)COc2ccc(Cl)cc2)CC1. The van der Waals surface area contributed by atoms with E-state index in [1.807, 2.05) is 0 Å². The average molecular weight is 392 g/mol. The maximum Gasteiger partial charge on any atom is 0.278 e. The zero-order valence-corrected chi connectivity index (χ0v) is 15.8. The summed E-state index contributed by atoms with van der Waals surface area (Å²) >= 11 is 5.82. The van der Waals surface area contributed by atoms with Gasteiger partial charge in [-0.1, -0.05) is 11.6 Å². The van der Waals surface area contributed by atoms with Gasteiger partial charge in [0.1, 0.15) is 11.9 Å². The summed E-state index contributed by atoms with van der Waals surface area (Å²) in [5, 5.41) is 3.64. The number of nitrogens with zero attached hydrogens (tertiary/aromatic N) is 2. The third-order valence-electron chi connectivity index (χ3n) is 4.33. The molecule has 0 aliphatic heterocycles. The molecule has 1 aromatic heterocycles. The van der Waals surface area contributed by atoms with Crippen molar-refractivity contribution in [1.29, 1.82) is 0 Å². The van der Waals surface area contributed by atoms with Crippen molar-refractivity contribution < 1.29 is 19.0 Å². The Morgan fingerprint density at radius 1 is 1.11 bits per heavy atom. The Hall–Kier alpha value is -2.54. The smallest absolute Gasteiger partial charge is 0.278 e. The van der Waals surface area contributed by atoms with E-state index in [0.29, 0.717) is 22.5 Å². The van der Waals surface area contributed by atoms with Crippen LogP contribution in [-0.4, -0.2) is 41.7 Å². The summed E-state index contributed by atoms with van der Waals surface area (Å²) in [7, 11) is 1.54. The maximum absolute atomic E-state index is 12.1. The van der Waals surface area contributed by atoms with E-state index in [2.05, 4.69) is 15.3 Å². The molecule has 8 heteroatoms. The van der Waals surface area contributed by atoms with Gasteiger partial charge in [-0.15, -0.1) is 0 Å². The van der Waals surface area contributed by atoms with Crippen molar-refractivity contribution in [1.82, 2.24) is 15.3 Å². The van der Waals surface area contributed by atoms with E-state index in [9.17, 15) is 4.79 Å². The molecule has 1 aromatic carbocycles. The second-order valence-corrected chi connectivity index (χ2v) is 6.71. The lowest BCUT2D eigenvalue weighted by atomic mass is 9.93. The number of hydrogen-bond donors (Lipinski definition) is 1. The number of nitrogens with one attached hydrogen (secondary N) is 1. The van der Waals surface area contributed by atoms with Crippen molar-refractivity contribution in [3.63, 3.8) is 0 Å². The second kappa shape index (κ2) is 9.41. The minimum atomic E-state index is -0.134. The fourth-order valence-corrected chi connectivity index (χ4v) is 3.09. The van der Waals surface area contributed by atoms with Gasteiger partial charge in [0.15, 0.2) is 6.61 Å². The molecule has 7 nitrogen and oxygen atoms in total. The molecule has 0 saturated heterocycles. The average Bonchev–Trinajstić information content (AvgIpc) is 2.69. The highest BCUT2D eigenvalue weighted by molar-refractivity contribution is 6.30. The number of methoxy groups -OCH3 is 1. The fraction of sp³-hybridized carbons (Fsp3) is 0.421. The summed E-state index contributed by atoms with van der Waals surface area (Å²) in [4.78, 5) is 20.3. The second-order valence-electron chi connectivity index (χ2n) is 6.27. The van der Waals surface area contributed by atoms with Crippen LogP contribution in [0.2, 0.25) is 5.02 Å². The summed E-state index contributed by atoms with van der Waals surface area (Å²) in [5.74, 6) is 1.27. The number of ether oxygens (including phenoxy) is 3. The summed E-state index contributed by atoms with van der Waals surface area (Å²) in [6, 6.07) is 7.04. The van der Waals surface area contributed by atoms with Crippen LogP contribution in [0.5, 0.6) is 17.5 Å². The van der Waals surface area contributed by atoms with Crippen LogP contribution in [0.4, 0.5) is 0 Å². The van der Waals surface area contributed by atoms with Crippen molar-refractivity contribution >= 4 is 17.5 Å². The van der Waals surface area contributed by atoms with E-state index in [1.54, 1.807) is 36.7 Å². The molecule has 1 fully saturated rings. The number of carbonyl (C=O) groups is 1. The van der Waals surface area contributed by atoms with Crippen LogP contribution in [0.3, 0.4) is 0 Å². The van der Waals surface area contributed by atoms with Gasteiger partial charge in [-0.05, 0) is 49.9 Å². The van der Waals surface area contributed by atoms with Gasteiger partial charge in [-0.25, -0.2) is 9.97 Å². The minimum Gasteiger partial charge on any atom is -0.484 e. The first kappa shape index (κ1) is 19.2. The third kappa shape index (κ3) is 5.72. The number of rotatable bonds is 7. The van der Waals surface area contributed by atoms with Crippen molar-refractivity contribution in [3.8, 4) is 17.5 Å². The van der Waals surface area contributed by atoms with Crippen molar-refractivity contribution in [2.75, 3.05) is 13.7 Å². The summed E-state index contributed by atoms with van der Waals surface area (Å²) in [5.41, 5.74) is 0. The molecule has 1 heterocycles. The molecule has 0 atom stereocenters. The van der Waals surface area contributed by atoms with Gasteiger partial charge in [0.05, 0.1) is 7.11 Å². The van der Waals surface area contributed by atoms with Crippen LogP contribution in [0.1, 0.15) is 25.7 Å². The predicted molar refractivity (Wildman–Crippen MR) is 100 cm³/mol. The lowest BCUT2D eigenvalue weighted by molar-refractivity contribution is -0.124. The zero-order chi connectivity index (χ0) is 19.1. The Morgan fingerprint density at radius 3 is 2.44 bits per heavy atom. The number of carbonyl (C=O) groups excluding carboxylic acids is 1. The Kier molecular flexibility index (Phi) is 6.70. The van der Waals surface area contributed by atoms with E-state index in [4.69, 9.17) is 25.8 Å². The van der Waals surface area contributed by atoms with Gasteiger partial charge in [-0.3, -0.25) is 4.79 Å². The lowest BCUT2D eigenvalue weighted by Crippen LogP contribution is -2.41. The molecule has 1 amide bonds. The molecular weight excluding hydrogens is 370 g/mol. The van der Waals surface area contributed by atoms with E-state index in [1.165, 1.54) is 7.11 Å². The fourth-order valence-electron chi connectivity index (χ4n) is 2.97. The molecule has 1 aliphatic rings. The van der Waals surface area contributed by atoms with Gasteiger partial charge < -0.3 is 19.5 Å². The quantitative estimate of drug-likeness (QED) is 0.781. The molecule has 0 bridgehead atoms. The van der Waals surface area contributed by atoms with Crippen LogP contribution < -0.4 is 19.5 Å². The van der Waals surface area contributed by atoms with Gasteiger partial charge in [0, 0.05) is 23.5 Å². The van der Waals surface area contributed by atoms with Crippen LogP contribution >= 0.6 is 11.6 Å². The molecule has 1 N–H and O–H groups in total. The summed E-state index contributed by atoms with van der Waals surface area (Å²) in [6.07, 6.45) is 6.48. The van der Waals surface area contributed by atoms with E-state index in [-0.39, 0.29) is 24.7 Å². The zero-order valence-electron chi connectivity index (χ0n) is 15.1. The standard InChI is InChI=1S/C19H22ClN3O4/c1-25-18-19(22-11-10-21-18)27-16-8-4-14(5-9-16)23-17(24)12-26-15-6-2-13(20)3-7-15/h2-3,6-7,10-11,14,16H,4-5,8-9,12H2,1H3,(H,23,24). The highest BCUT2D eigenvalue weighted by Gasteiger charge is 2.25. The lowest BCUT2D eigenvalue weighted by Gasteiger charge is -2.29. The number of aromatic nitrogens is 2. The number of hydrogen-bond acceptors (Lipinski definition) is 6. The Balaban J connectivity index is 1.40. The Bertz CT molecular complexity index is 749. The largest absolute Gasteiger partial charge is 0.484 e. The molecule has 2 aromatic rings. The van der Waals surface area contributed by atoms with Crippen molar-refractivity contribution in [2.45, 2.75) is 37.8 Å². The van der Waals surface area contributed by atoms with Gasteiger partial charge in [0.25, 0.3) is 17.7 Å². The first-order valence-corrected chi connectivity index (χ1v) is 9.21.